The largest absolute Gasteiger partial charge is 0.497 e. The quantitative estimate of drug-likeness (QED) is 0.758. The molecule has 1 aromatic heterocycles. The van der Waals surface area contributed by atoms with E-state index >= 15 is 0 Å². The van der Waals surface area contributed by atoms with Crippen LogP contribution in [-0.2, 0) is 4.79 Å². The van der Waals surface area contributed by atoms with Gasteiger partial charge in [0.15, 0.2) is 0 Å². The number of alkyl halides is 1. The number of likely N-dealkylation sites (tertiary alicyclic amines) is 1. The molecule has 1 aromatic carbocycles. The monoisotopic (exact) mass is 363 g/mol. The molecule has 7 heteroatoms. The summed E-state index contributed by atoms with van der Waals surface area (Å²) in [6, 6.07) is 7.28. The minimum Gasteiger partial charge on any atom is -0.497 e. The van der Waals surface area contributed by atoms with Crippen LogP contribution in [0.5, 0.6) is 5.75 Å². The molecule has 25 heavy (non-hydrogen) atoms. The van der Waals surface area contributed by atoms with Crippen LogP contribution < -0.4 is 4.74 Å². The first kappa shape index (κ1) is 17.7. The number of carbonyl (C=O) groups excluding carboxylic acids is 1. The Kier molecular flexibility index (Phi) is 4.99. The van der Waals surface area contributed by atoms with Gasteiger partial charge in [-0.2, -0.15) is 4.98 Å². The Morgan fingerprint density at radius 1 is 1.48 bits per heavy atom. The van der Waals surface area contributed by atoms with E-state index in [4.69, 9.17) is 20.9 Å². The molecule has 0 unspecified atom stereocenters. The van der Waals surface area contributed by atoms with Crippen molar-refractivity contribution in [2.24, 2.45) is 5.41 Å². The fourth-order valence-corrected chi connectivity index (χ4v) is 3.08. The lowest BCUT2D eigenvalue weighted by Gasteiger charge is -2.30. The molecule has 1 aliphatic rings. The average Bonchev–Trinajstić information content (AvgIpc) is 3.30. The van der Waals surface area contributed by atoms with Gasteiger partial charge in [-0.25, -0.2) is 0 Å². The Hall–Kier alpha value is -2.08. The van der Waals surface area contributed by atoms with Crippen LogP contribution in [0.2, 0.25) is 0 Å². The van der Waals surface area contributed by atoms with E-state index in [-0.39, 0.29) is 17.8 Å². The van der Waals surface area contributed by atoms with E-state index in [1.807, 2.05) is 43.0 Å². The van der Waals surface area contributed by atoms with E-state index in [0.717, 1.165) is 24.2 Å². The summed E-state index contributed by atoms with van der Waals surface area (Å²) < 4.78 is 10.7. The lowest BCUT2D eigenvalue weighted by atomic mass is 9.94. The minimum atomic E-state index is -0.611. The zero-order chi connectivity index (χ0) is 18.0. The number of amides is 1. The van der Waals surface area contributed by atoms with Crippen molar-refractivity contribution in [3.8, 4) is 17.1 Å². The van der Waals surface area contributed by atoms with Crippen molar-refractivity contribution >= 4 is 17.5 Å². The Morgan fingerprint density at radius 3 is 3.00 bits per heavy atom. The zero-order valence-corrected chi connectivity index (χ0v) is 15.4. The van der Waals surface area contributed by atoms with Crippen LogP contribution in [0.25, 0.3) is 11.4 Å². The maximum atomic E-state index is 12.8. The van der Waals surface area contributed by atoms with Gasteiger partial charge in [0.2, 0.25) is 17.6 Å². The maximum Gasteiger partial charge on any atom is 0.249 e. The summed E-state index contributed by atoms with van der Waals surface area (Å²) in [5, 5.41) is 4.08. The molecule has 1 saturated heterocycles. The van der Waals surface area contributed by atoms with Crippen LogP contribution in [-0.4, -0.2) is 40.5 Å². The van der Waals surface area contributed by atoms with Crippen LogP contribution in [0.4, 0.5) is 0 Å². The molecule has 0 N–H and O–H groups in total. The molecule has 2 aromatic rings. The molecule has 1 aliphatic heterocycles. The Bertz CT molecular complexity index is 760. The maximum absolute atomic E-state index is 12.8. The third kappa shape index (κ3) is 3.49. The summed E-state index contributed by atoms with van der Waals surface area (Å²) in [7, 11) is 1.61. The molecule has 3 rings (SSSR count). The third-order valence-electron chi connectivity index (χ3n) is 4.48. The van der Waals surface area contributed by atoms with E-state index < -0.39 is 5.41 Å². The second-order valence-corrected chi connectivity index (χ2v) is 7.13. The number of methoxy groups -OCH3 is 1. The average molecular weight is 364 g/mol. The van der Waals surface area contributed by atoms with Gasteiger partial charge in [-0.3, -0.25) is 4.79 Å². The van der Waals surface area contributed by atoms with Crippen molar-refractivity contribution in [1.82, 2.24) is 15.0 Å². The number of nitrogens with zero attached hydrogens (tertiary/aromatic N) is 3. The van der Waals surface area contributed by atoms with E-state index in [2.05, 4.69) is 10.1 Å². The Morgan fingerprint density at radius 2 is 2.28 bits per heavy atom. The van der Waals surface area contributed by atoms with E-state index in [9.17, 15) is 4.79 Å². The fraction of sp³-hybridized carbons (Fsp3) is 0.500. The Labute approximate surface area is 152 Å². The topological polar surface area (TPSA) is 68.5 Å². The standard InChI is InChI=1S/C18H22ClN3O3/c1-18(2,11-19)17(23)22-9-5-8-14(22)16-20-15(21-25-16)12-6-4-7-13(10-12)24-3/h4,6-7,10,14H,5,8-9,11H2,1-3H3/t14-/m0/s1. The SMILES string of the molecule is COc1cccc(-c2noc([C@@H]3CCCN3C(=O)C(C)(C)CCl)n2)c1. The number of ether oxygens (including phenoxy) is 1. The number of halogens is 1. The predicted octanol–water partition coefficient (Wildman–Crippen LogP) is 3.67. The van der Waals surface area contributed by atoms with E-state index in [1.165, 1.54) is 0 Å². The molecule has 0 spiro atoms. The summed E-state index contributed by atoms with van der Waals surface area (Å²) in [6.45, 7) is 4.39. The van der Waals surface area contributed by atoms with Gasteiger partial charge in [0.1, 0.15) is 11.8 Å². The zero-order valence-electron chi connectivity index (χ0n) is 14.7. The number of carbonyl (C=O) groups is 1. The van der Waals surface area contributed by atoms with Crippen molar-refractivity contribution in [2.75, 3.05) is 19.5 Å². The highest BCUT2D eigenvalue weighted by molar-refractivity contribution is 6.19. The van der Waals surface area contributed by atoms with Crippen molar-refractivity contribution in [1.29, 1.82) is 0 Å². The fourth-order valence-electron chi connectivity index (χ4n) is 2.96. The van der Waals surface area contributed by atoms with Crippen LogP contribution in [0.1, 0.15) is 38.6 Å². The van der Waals surface area contributed by atoms with Crippen molar-refractivity contribution < 1.29 is 14.1 Å². The number of hydrogen-bond donors (Lipinski definition) is 0. The van der Waals surface area contributed by atoms with Crippen molar-refractivity contribution in [3.05, 3.63) is 30.2 Å². The number of aromatic nitrogens is 2. The van der Waals surface area contributed by atoms with Gasteiger partial charge in [0.05, 0.1) is 12.5 Å². The molecule has 0 bridgehead atoms. The summed E-state index contributed by atoms with van der Waals surface area (Å²) >= 11 is 5.96. The van der Waals surface area contributed by atoms with Crippen LogP contribution in [0.3, 0.4) is 0 Å². The lowest BCUT2D eigenvalue weighted by molar-refractivity contribution is -0.140. The summed E-state index contributed by atoms with van der Waals surface area (Å²) in [6.07, 6.45) is 1.72. The second-order valence-electron chi connectivity index (χ2n) is 6.86. The molecule has 1 amide bonds. The molecule has 6 nitrogen and oxygen atoms in total. The normalized spacial score (nSPS) is 17.8. The smallest absolute Gasteiger partial charge is 0.249 e. The van der Waals surface area contributed by atoms with Crippen LogP contribution in [0, 0.1) is 5.41 Å². The van der Waals surface area contributed by atoms with Crippen molar-refractivity contribution in [3.63, 3.8) is 0 Å². The van der Waals surface area contributed by atoms with Gasteiger partial charge in [0.25, 0.3) is 0 Å². The number of rotatable bonds is 5. The molecule has 134 valence electrons. The molecule has 1 fully saturated rings. The highest BCUT2D eigenvalue weighted by Crippen LogP contribution is 2.36. The first-order chi connectivity index (χ1) is 12.0. The Balaban J connectivity index is 1.85. The number of hydrogen-bond acceptors (Lipinski definition) is 5. The first-order valence-electron chi connectivity index (χ1n) is 8.31. The molecule has 1 atom stereocenters. The predicted molar refractivity (Wildman–Crippen MR) is 94.5 cm³/mol. The van der Waals surface area contributed by atoms with Crippen molar-refractivity contribution in [2.45, 2.75) is 32.7 Å². The highest BCUT2D eigenvalue weighted by Gasteiger charge is 2.40. The molecular weight excluding hydrogens is 342 g/mol. The van der Waals surface area contributed by atoms with Gasteiger partial charge in [0, 0.05) is 18.0 Å². The lowest BCUT2D eigenvalue weighted by Crippen LogP contribution is -2.41. The number of benzene rings is 1. The molecule has 0 saturated carbocycles. The summed E-state index contributed by atoms with van der Waals surface area (Å²) in [4.78, 5) is 19.1. The third-order valence-corrected chi connectivity index (χ3v) is 5.15. The molecular formula is C18H22ClN3O3. The molecule has 0 aliphatic carbocycles. The van der Waals surface area contributed by atoms with Gasteiger partial charge >= 0.3 is 0 Å². The molecule has 0 radical (unpaired) electrons. The first-order valence-corrected chi connectivity index (χ1v) is 8.85. The van der Waals surface area contributed by atoms with Gasteiger partial charge in [-0.1, -0.05) is 17.3 Å². The van der Waals surface area contributed by atoms with Crippen LogP contribution in [0.15, 0.2) is 28.8 Å². The van der Waals surface area contributed by atoms with Gasteiger partial charge in [-0.15, -0.1) is 11.6 Å². The van der Waals surface area contributed by atoms with E-state index in [0.29, 0.717) is 18.3 Å². The second kappa shape index (κ2) is 7.04. The van der Waals surface area contributed by atoms with Crippen LogP contribution >= 0.6 is 11.6 Å². The highest BCUT2D eigenvalue weighted by atomic mass is 35.5. The summed E-state index contributed by atoms with van der Waals surface area (Å²) in [5.41, 5.74) is 0.200. The summed E-state index contributed by atoms with van der Waals surface area (Å²) in [5.74, 6) is 1.98. The molecule has 2 heterocycles. The minimum absolute atomic E-state index is 0.0196. The van der Waals surface area contributed by atoms with Gasteiger partial charge < -0.3 is 14.2 Å². The van der Waals surface area contributed by atoms with E-state index in [1.54, 1.807) is 7.11 Å². The van der Waals surface area contributed by atoms with Gasteiger partial charge in [-0.05, 0) is 38.8 Å².